The summed E-state index contributed by atoms with van der Waals surface area (Å²) in [5, 5.41) is 13.9. The Kier molecular flexibility index (Phi) is 5.32. The molecule has 1 atom stereocenters. The van der Waals surface area contributed by atoms with E-state index in [-0.39, 0.29) is 11.2 Å². The number of thiophene rings is 1. The first-order valence-corrected chi connectivity index (χ1v) is 9.32. The fraction of sp³-hybridized carbons (Fsp3) is 0.235. The first kappa shape index (κ1) is 16.7. The van der Waals surface area contributed by atoms with Crippen LogP contribution in [0.1, 0.15) is 11.8 Å². The monoisotopic (exact) mass is 358 g/mol. The number of carbonyl (C=O) groups excluding carboxylic acids is 1. The van der Waals surface area contributed by atoms with Crippen molar-refractivity contribution >= 4 is 29.0 Å². The van der Waals surface area contributed by atoms with Crippen molar-refractivity contribution in [1.82, 2.24) is 20.1 Å². The largest absolute Gasteiger partial charge is 0.350 e. The molecule has 2 heterocycles. The Labute approximate surface area is 149 Å². The van der Waals surface area contributed by atoms with Crippen molar-refractivity contribution < 1.29 is 4.79 Å². The number of hydrogen-bond donors (Lipinski definition) is 1. The van der Waals surface area contributed by atoms with Gasteiger partial charge in [-0.05, 0) is 18.4 Å². The van der Waals surface area contributed by atoms with Crippen LogP contribution in [-0.2, 0) is 18.4 Å². The number of aromatic nitrogens is 3. The van der Waals surface area contributed by atoms with Crippen molar-refractivity contribution in [3.63, 3.8) is 0 Å². The molecular formula is C17H18N4OS2. The Morgan fingerprint density at radius 3 is 2.75 bits per heavy atom. The Morgan fingerprint density at radius 2 is 2.04 bits per heavy atom. The number of benzene rings is 1. The first-order chi connectivity index (χ1) is 11.6. The average molecular weight is 358 g/mol. The van der Waals surface area contributed by atoms with Crippen LogP contribution in [0.2, 0.25) is 0 Å². The van der Waals surface area contributed by atoms with Crippen molar-refractivity contribution in [3.8, 4) is 11.4 Å². The molecule has 0 radical (unpaired) electrons. The first-order valence-electron chi connectivity index (χ1n) is 7.56. The molecule has 3 aromatic rings. The van der Waals surface area contributed by atoms with Gasteiger partial charge in [-0.25, -0.2) is 0 Å². The summed E-state index contributed by atoms with van der Waals surface area (Å²) < 4.78 is 1.92. The minimum atomic E-state index is -0.239. The van der Waals surface area contributed by atoms with Gasteiger partial charge in [0, 0.05) is 17.5 Å². The van der Waals surface area contributed by atoms with Gasteiger partial charge in [0.05, 0.1) is 11.8 Å². The topological polar surface area (TPSA) is 59.8 Å². The lowest BCUT2D eigenvalue weighted by molar-refractivity contribution is -0.120. The lowest BCUT2D eigenvalue weighted by atomic mass is 10.2. The summed E-state index contributed by atoms with van der Waals surface area (Å²) in [6.45, 7) is 2.45. The van der Waals surface area contributed by atoms with Crippen molar-refractivity contribution in [2.24, 2.45) is 7.05 Å². The molecule has 0 bridgehead atoms. The van der Waals surface area contributed by atoms with Crippen LogP contribution in [0.15, 0.2) is 53.0 Å². The minimum Gasteiger partial charge on any atom is -0.350 e. The Morgan fingerprint density at radius 1 is 1.25 bits per heavy atom. The van der Waals surface area contributed by atoms with Crippen molar-refractivity contribution in [1.29, 1.82) is 0 Å². The van der Waals surface area contributed by atoms with Gasteiger partial charge in [0.2, 0.25) is 5.91 Å². The highest BCUT2D eigenvalue weighted by Crippen LogP contribution is 2.25. The molecule has 1 aromatic carbocycles. The van der Waals surface area contributed by atoms with E-state index < -0.39 is 0 Å². The maximum Gasteiger partial charge on any atom is 0.233 e. The molecule has 5 nitrogen and oxygen atoms in total. The second kappa shape index (κ2) is 7.63. The summed E-state index contributed by atoms with van der Waals surface area (Å²) in [4.78, 5) is 13.4. The molecule has 1 amide bonds. The van der Waals surface area contributed by atoms with Crippen LogP contribution in [0.3, 0.4) is 0 Å². The molecule has 0 fully saturated rings. The summed E-state index contributed by atoms with van der Waals surface area (Å²) in [6, 6.07) is 13.9. The summed E-state index contributed by atoms with van der Waals surface area (Å²) in [5.41, 5.74) is 1.01. The molecule has 0 aliphatic carbocycles. The van der Waals surface area contributed by atoms with E-state index in [2.05, 4.69) is 15.5 Å². The van der Waals surface area contributed by atoms with Gasteiger partial charge in [0.15, 0.2) is 11.0 Å². The number of carbonyl (C=O) groups is 1. The quantitative estimate of drug-likeness (QED) is 0.687. The molecule has 0 spiro atoms. The summed E-state index contributed by atoms with van der Waals surface area (Å²) >= 11 is 3.05. The highest BCUT2D eigenvalue weighted by atomic mass is 32.2. The third-order valence-electron chi connectivity index (χ3n) is 3.54. The van der Waals surface area contributed by atoms with Crippen LogP contribution in [0.25, 0.3) is 11.4 Å². The normalized spacial score (nSPS) is 12.1. The molecule has 2 aromatic heterocycles. The SMILES string of the molecule is CC(Sc1nnc(-c2ccccc2)n1C)C(=O)NCc1cccs1. The number of rotatable bonds is 6. The third-order valence-corrected chi connectivity index (χ3v) is 5.55. The fourth-order valence-corrected chi connectivity index (χ4v) is 3.68. The van der Waals surface area contributed by atoms with Gasteiger partial charge < -0.3 is 9.88 Å². The zero-order valence-corrected chi connectivity index (χ0v) is 15.1. The number of nitrogens with one attached hydrogen (secondary N) is 1. The van der Waals surface area contributed by atoms with Gasteiger partial charge in [-0.15, -0.1) is 21.5 Å². The van der Waals surface area contributed by atoms with Crippen LogP contribution in [0, 0.1) is 0 Å². The van der Waals surface area contributed by atoms with Gasteiger partial charge in [0.25, 0.3) is 0 Å². The minimum absolute atomic E-state index is 0.00217. The van der Waals surface area contributed by atoms with E-state index >= 15 is 0 Å². The second-order valence-corrected chi connectivity index (χ2v) is 7.63. The third kappa shape index (κ3) is 3.85. The molecule has 124 valence electrons. The van der Waals surface area contributed by atoms with E-state index in [1.54, 1.807) is 11.3 Å². The fourth-order valence-electron chi connectivity index (χ4n) is 2.20. The second-order valence-electron chi connectivity index (χ2n) is 5.29. The predicted octanol–water partition coefficient (Wildman–Crippen LogP) is 3.34. The number of amides is 1. The van der Waals surface area contributed by atoms with Gasteiger partial charge >= 0.3 is 0 Å². The molecule has 7 heteroatoms. The number of hydrogen-bond acceptors (Lipinski definition) is 5. The molecule has 0 saturated heterocycles. The lowest BCUT2D eigenvalue weighted by Crippen LogP contribution is -2.30. The van der Waals surface area contributed by atoms with E-state index in [9.17, 15) is 4.79 Å². The zero-order chi connectivity index (χ0) is 16.9. The number of nitrogens with zero attached hydrogens (tertiary/aromatic N) is 3. The number of thioether (sulfide) groups is 1. The molecule has 0 aliphatic heterocycles. The summed E-state index contributed by atoms with van der Waals surface area (Å²) in [6.07, 6.45) is 0. The molecule has 0 saturated carbocycles. The summed E-state index contributed by atoms with van der Waals surface area (Å²) in [7, 11) is 1.92. The zero-order valence-electron chi connectivity index (χ0n) is 13.5. The Balaban J connectivity index is 1.63. The standard InChI is InChI=1S/C17H18N4OS2/c1-12(16(22)18-11-14-9-6-10-23-14)24-17-20-19-15(21(17)2)13-7-4-3-5-8-13/h3-10,12H,11H2,1-2H3,(H,18,22). The van der Waals surface area contributed by atoms with Gasteiger partial charge in [0.1, 0.15) is 0 Å². The highest BCUT2D eigenvalue weighted by Gasteiger charge is 2.19. The van der Waals surface area contributed by atoms with Crippen LogP contribution < -0.4 is 5.32 Å². The van der Waals surface area contributed by atoms with E-state index in [4.69, 9.17) is 0 Å². The molecule has 1 unspecified atom stereocenters. The van der Waals surface area contributed by atoms with Gasteiger partial charge in [-0.1, -0.05) is 48.2 Å². The maximum absolute atomic E-state index is 12.2. The van der Waals surface area contributed by atoms with Gasteiger partial charge in [-0.2, -0.15) is 0 Å². The molecule has 3 rings (SSSR count). The molecule has 24 heavy (non-hydrogen) atoms. The lowest BCUT2D eigenvalue weighted by Gasteiger charge is -2.11. The average Bonchev–Trinajstić information content (AvgIpc) is 3.24. The molecule has 0 aliphatic rings. The van der Waals surface area contributed by atoms with E-state index in [0.717, 1.165) is 21.4 Å². The maximum atomic E-state index is 12.2. The Bertz CT molecular complexity index is 799. The molecular weight excluding hydrogens is 340 g/mol. The van der Waals surface area contributed by atoms with Crippen molar-refractivity contribution in [2.75, 3.05) is 0 Å². The van der Waals surface area contributed by atoms with Gasteiger partial charge in [-0.3, -0.25) is 4.79 Å². The van der Waals surface area contributed by atoms with Crippen LogP contribution in [-0.4, -0.2) is 25.9 Å². The van der Waals surface area contributed by atoms with E-state index in [1.807, 2.05) is 66.4 Å². The van der Waals surface area contributed by atoms with Crippen molar-refractivity contribution in [2.45, 2.75) is 23.9 Å². The van der Waals surface area contributed by atoms with E-state index in [0.29, 0.717) is 6.54 Å². The van der Waals surface area contributed by atoms with Crippen LogP contribution >= 0.6 is 23.1 Å². The summed E-state index contributed by atoms with van der Waals surface area (Å²) in [5.74, 6) is 0.793. The smallest absolute Gasteiger partial charge is 0.233 e. The van der Waals surface area contributed by atoms with Crippen LogP contribution in [0.4, 0.5) is 0 Å². The molecule has 1 N–H and O–H groups in total. The predicted molar refractivity (Wildman–Crippen MR) is 97.9 cm³/mol. The van der Waals surface area contributed by atoms with Crippen LogP contribution in [0.5, 0.6) is 0 Å². The van der Waals surface area contributed by atoms with Crippen molar-refractivity contribution in [3.05, 3.63) is 52.7 Å². The van der Waals surface area contributed by atoms with E-state index in [1.165, 1.54) is 11.8 Å². The highest BCUT2D eigenvalue weighted by molar-refractivity contribution is 8.00. The Hall–Kier alpha value is -2.12.